The predicted octanol–water partition coefficient (Wildman–Crippen LogP) is 3.81. The van der Waals surface area contributed by atoms with E-state index in [1.54, 1.807) is 12.1 Å². The number of ether oxygens (including phenoxy) is 1. The van der Waals surface area contributed by atoms with E-state index in [-0.39, 0.29) is 28.4 Å². The van der Waals surface area contributed by atoms with Crippen molar-refractivity contribution in [1.29, 1.82) is 0 Å². The third kappa shape index (κ3) is 2.43. The summed E-state index contributed by atoms with van der Waals surface area (Å²) >= 11 is 5.75. The normalized spacial score (nSPS) is 21.8. The monoisotopic (exact) mass is 296 g/mol. The largest absolute Gasteiger partial charge is 0.378 e. The molecule has 0 N–H and O–H groups in total. The van der Waals surface area contributed by atoms with Gasteiger partial charge in [-0.2, -0.15) is 4.98 Å². The van der Waals surface area contributed by atoms with Crippen LogP contribution in [0, 0.1) is 5.82 Å². The summed E-state index contributed by atoms with van der Waals surface area (Å²) in [7, 11) is 0. The number of halogens is 2. The Balaban J connectivity index is 1.76. The Morgan fingerprint density at radius 2 is 2.25 bits per heavy atom. The Kier molecular flexibility index (Phi) is 3.72. The summed E-state index contributed by atoms with van der Waals surface area (Å²) in [6.07, 6.45) is 2.00. The van der Waals surface area contributed by atoms with Crippen LogP contribution in [-0.4, -0.2) is 22.9 Å². The van der Waals surface area contributed by atoms with Gasteiger partial charge in [0.05, 0.1) is 16.7 Å². The lowest BCUT2D eigenvalue weighted by molar-refractivity contribution is -0.00961. The molecule has 0 atom stereocenters. The highest BCUT2D eigenvalue weighted by Gasteiger charge is 2.35. The fourth-order valence-electron chi connectivity index (χ4n) is 2.33. The first-order chi connectivity index (χ1) is 9.69. The van der Waals surface area contributed by atoms with Crippen molar-refractivity contribution in [2.75, 3.05) is 6.61 Å². The van der Waals surface area contributed by atoms with Crippen molar-refractivity contribution in [1.82, 2.24) is 10.1 Å². The van der Waals surface area contributed by atoms with E-state index in [0.29, 0.717) is 12.5 Å². The minimum Gasteiger partial charge on any atom is -0.378 e. The second-order valence-electron chi connectivity index (χ2n) is 4.80. The Hall–Kier alpha value is -1.46. The van der Waals surface area contributed by atoms with Crippen LogP contribution in [0.15, 0.2) is 22.7 Å². The van der Waals surface area contributed by atoms with Crippen molar-refractivity contribution < 1.29 is 13.7 Å². The smallest absolute Gasteiger partial charge is 0.230 e. The van der Waals surface area contributed by atoms with Gasteiger partial charge in [0.2, 0.25) is 11.7 Å². The molecular weight excluding hydrogens is 283 g/mol. The first-order valence-electron chi connectivity index (χ1n) is 6.58. The molecular formula is C14H14ClFN2O2. The maximum atomic E-state index is 13.9. The van der Waals surface area contributed by atoms with Gasteiger partial charge in [0.25, 0.3) is 0 Å². The van der Waals surface area contributed by atoms with E-state index < -0.39 is 5.82 Å². The van der Waals surface area contributed by atoms with Crippen LogP contribution in [0.2, 0.25) is 5.02 Å². The number of rotatable bonds is 4. The van der Waals surface area contributed by atoms with E-state index in [1.807, 2.05) is 6.92 Å². The highest BCUT2D eigenvalue weighted by Crippen LogP contribution is 2.38. The molecule has 0 amide bonds. The molecule has 0 saturated heterocycles. The molecule has 106 valence electrons. The Morgan fingerprint density at radius 1 is 1.45 bits per heavy atom. The maximum absolute atomic E-state index is 13.9. The minimum atomic E-state index is -0.526. The van der Waals surface area contributed by atoms with Crippen molar-refractivity contribution in [3.63, 3.8) is 0 Å². The van der Waals surface area contributed by atoms with Crippen molar-refractivity contribution >= 4 is 11.6 Å². The average molecular weight is 297 g/mol. The summed E-state index contributed by atoms with van der Waals surface area (Å²) in [4.78, 5) is 4.27. The second kappa shape index (κ2) is 5.50. The first-order valence-corrected chi connectivity index (χ1v) is 6.96. The Labute approximate surface area is 120 Å². The van der Waals surface area contributed by atoms with Gasteiger partial charge in [-0.3, -0.25) is 0 Å². The van der Waals surface area contributed by atoms with E-state index in [9.17, 15) is 4.39 Å². The maximum Gasteiger partial charge on any atom is 0.230 e. The molecule has 1 aliphatic rings. The van der Waals surface area contributed by atoms with Crippen LogP contribution in [0.5, 0.6) is 0 Å². The number of nitrogens with zero attached hydrogens (tertiary/aromatic N) is 2. The number of hydrogen-bond donors (Lipinski definition) is 0. The molecule has 1 saturated carbocycles. The summed E-state index contributed by atoms with van der Waals surface area (Å²) in [6, 6.07) is 4.73. The number of benzene rings is 1. The Bertz CT molecular complexity index is 611. The third-order valence-corrected chi connectivity index (χ3v) is 3.77. The lowest BCUT2D eigenvalue weighted by Crippen LogP contribution is -2.29. The van der Waals surface area contributed by atoms with Crippen molar-refractivity contribution in [3.05, 3.63) is 34.9 Å². The number of aromatic nitrogens is 2. The van der Waals surface area contributed by atoms with Gasteiger partial charge < -0.3 is 9.26 Å². The zero-order valence-corrected chi connectivity index (χ0v) is 11.7. The van der Waals surface area contributed by atoms with Gasteiger partial charge in [-0.1, -0.05) is 22.8 Å². The standard InChI is InChI=1S/C14H14ClFN2O2/c1-2-19-9-6-8(7-9)14-17-13(18-20-14)10-4-3-5-11(15)12(10)16/h3-5,8-9H,2,6-7H2,1H3. The average Bonchev–Trinajstić information content (AvgIpc) is 2.85. The van der Waals surface area contributed by atoms with Gasteiger partial charge in [-0.25, -0.2) is 4.39 Å². The molecule has 2 aromatic rings. The van der Waals surface area contributed by atoms with Crippen LogP contribution in [0.3, 0.4) is 0 Å². The lowest BCUT2D eigenvalue weighted by Gasteiger charge is -2.32. The summed E-state index contributed by atoms with van der Waals surface area (Å²) < 4.78 is 24.6. The van der Waals surface area contributed by atoms with Crippen LogP contribution in [0.4, 0.5) is 4.39 Å². The summed E-state index contributed by atoms with van der Waals surface area (Å²) in [6.45, 7) is 2.68. The van der Waals surface area contributed by atoms with Gasteiger partial charge in [0, 0.05) is 12.5 Å². The summed E-state index contributed by atoms with van der Waals surface area (Å²) in [5.74, 6) is 0.451. The molecule has 20 heavy (non-hydrogen) atoms. The molecule has 1 heterocycles. The second-order valence-corrected chi connectivity index (χ2v) is 5.21. The number of hydrogen-bond acceptors (Lipinski definition) is 4. The van der Waals surface area contributed by atoms with E-state index in [0.717, 1.165) is 12.8 Å². The van der Waals surface area contributed by atoms with Gasteiger partial charge >= 0.3 is 0 Å². The molecule has 3 rings (SSSR count). The van der Waals surface area contributed by atoms with Crippen molar-refractivity contribution in [2.45, 2.75) is 31.8 Å². The molecule has 1 aromatic carbocycles. The van der Waals surface area contributed by atoms with Gasteiger partial charge in [0.15, 0.2) is 5.82 Å². The molecule has 1 fully saturated rings. The first kappa shape index (κ1) is 13.5. The van der Waals surface area contributed by atoms with E-state index in [1.165, 1.54) is 6.07 Å². The van der Waals surface area contributed by atoms with Crippen LogP contribution in [0.25, 0.3) is 11.4 Å². The Morgan fingerprint density at radius 3 is 3.00 bits per heavy atom. The summed E-state index contributed by atoms with van der Waals surface area (Å²) in [5.41, 5.74) is 0.258. The highest BCUT2D eigenvalue weighted by atomic mass is 35.5. The minimum absolute atomic E-state index is 0.0499. The van der Waals surface area contributed by atoms with E-state index >= 15 is 0 Å². The van der Waals surface area contributed by atoms with Crippen LogP contribution >= 0.6 is 11.6 Å². The third-order valence-electron chi connectivity index (χ3n) is 3.48. The predicted molar refractivity (Wildman–Crippen MR) is 72.1 cm³/mol. The van der Waals surface area contributed by atoms with Gasteiger partial charge in [0.1, 0.15) is 0 Å². The van der Waals surface area contributed by atoms with Gasteiger partial charge in [-0.15, -0.1) is 0 Å². The fraction of sp³-hybridized carbons (Fsp3) is 0.429. The van der Waals surface area contributed by atoms with E-state index in [4.69, 9.17) is 20.9 Å². The molecule has 0 radical (unpaired) electrons. The quantitative estimate of drug-likeness (QED) is 0.861. The van der Waals surface area contributed by atoms with Gasteiger partial charge in [-0.05, 0) is 31.9 Å². The lowest BCUT2D eigenvalue weighted by atomic mass is 9.82. The molecule has 0 spiro atoms. The zero-order valence-electron chi connectivity index (χ0n) is 11.0. The molecule has 0 bridgehead atoms. The van der Waals surface area contributed by atoms with Crippen LogP contribution in [-0.2, 0) is 4.74 Å². The molecule has 1 aromatic heterocycles. The molecule has 1 aliphatic carbocycles. The molecule has 0 unspecified atom stereocenters. The van der Waals surface area contributed by atoms with Crippen molar-refractivity contribution in [3.8, 4) is 11.4 Å². The van der Waals surface area contributed by atoms with Crippen LogP contribution < -0.4 is 0 Å². The molecule has 0 aliphatic heterocycles. The zero-order chi connectivity index (χ0) is 14.1. The topological polar surface area (TPSA) is 48.2 Å². The summed E-state index contributed by atoms with van der Waals surface area (Å²) in [5, 5.41) is 3.89. The molecule has 4 nitrogen and oxygen atoms in total. The van der Waals surface area contributed by atoms with Crippen LogP contribution in [0.1, 0.15) is 31.6 Å². The SMILES string of the molecule is CCOC1CC(c2nc(-c3cccc(Cl)c3F)no2)C1. The highest BCUT2D eigenvalue weighted by molar-refractivity contribution is 6.31. The molecule has 6 heteroatoms. The fourth-order valence-corrected chi connectivity index (χ4v) is 2.50. The van der Waals surface area contributed by atoms with E-state index in [2.05, 4.69) is 10.1 Å². The van der Waals surface area contributed by atoms with Crippen molar-refractivity contribution in [2.24, 2.45) is 0 Å².